The first-order chi connectivity index (χ1) is 9.81. The van der Waals surface area contributed by atoms with Crippen LogP contribution in [0.25, 0.3) is 33.4 Å². The van der Waals surface area contributed by atoms with E-state index in [1.807, 2.05) is 24.3 Å². The number of nitrogens with zero attached hydrogens (tertiary/aromatic N) is 1. The zero-order valence-corrected chi connectivity index (χ0v) is 10.3. The average molecular weight is 260 g/mol. The van der Waals surface area contributed by atoms with Crippen molar-refractivity contribution in [3.05, 3.63) is 65.0 Å². The maximum absolute atomic E-state index is 12.0. The number of benzene rings is 2. The van der Waals surface area contributed by atoms with Crippen LogP contribution in [0.4, 0.5) is 0 Å². The lowest BCUT2D eigenvalue weighted by Crippen LogP contribution is -2.03. The first kappa shape index (κ1) is 11.0. The van der Waals surface area contributed by atoms with Crippen molar-refractivity contribution < 1.29 is 4.42 Å². The number of hydrogen-bond acceptors (Lipinski definition) is 3. The molecule has 94 valence electrons. The van der Waals surface area contributed by atoms with E-state index in [1.54, 1.807) is 18.2 Å². The monoisotopic (exact) mass is 260 g/mol. The molecule has 2 radical (unpaired) electrons. The molecule has 0 fully saturated rings. The highest BCUT2D eigenvalue weighted by Crippen LogP contribution is 2.20. The Labute approximate surface area is 113 Å². The molecule has 2 aromatic heterocycles. The summed E-state index contributed by atoms with van der Waals surface area (Å²) in [4.78, 5) is 19.5. The zero-order chi connectivity index (χ0) is 13.5. The smallest absolute Gasteiger partial charge is 0.348 e. The van der Waals surface area contributed by atoms with Gasteiger partial charge in [0.05, 0.1) is 11.0 Å². The van der Waals surface area contributed by atoms with Crippen molar-refractivity contribution in [2.75, 3.05) is 0 Å². The summed E-state index contributed by atoms with van der Waals surface area (Å²) < 4.78 is 5.27. The van der Waals surface area contributed by atoms with Gasteiger partial charge in [0.15, 0.2) is 0 Å². The van der Waals surface area contributed by atoms with Gasteiger partial charge in [-0.2, -0.15) is 0 Å². The maximum atomic E-state index is 12.0. The van der Waals surface area contributed by atoms with Crippen molar-refractivity contribution in [3.63, 3.8) is 0 Å². The summed E-state index contributed by atoms with van der Waals surface area (Å²) in [7, 11) is 0. The van der Waals surface area contributed by atoms with Crippen molar-refractivity contribution >= 4 is 22.0 Å². The number of rotatable bonds is 1. The molecule has 0 saturated carbocycles. The van der Waals surface area contributed by atoms with Crippen LogP contribution in [0.1, 0.15) is 0 Å². The highest BCUT2D eigenvalue weighted by molar-refractivity contribution is 5.82. The molecule has 0 saturated heterocycles. The SMILES string of the molecule is O=c1oc2c[c]ccc2[c]c1-c1nc2ccccc2[nH]1. The van der Waals surface area contributed by atoms with Crippen LogP contribution in [-0.2, 0) is 0 Å². The Kier molecular flexibility index (Phi) is 2.23. The summed E-state index contributed by atoms with van der Waals surface area (Å²) in [5.41, 5.74) is 1.99. The Bertz CT molecular complexity index is 949. The first-order valence-corrected chi connectivity index (χ1v) is 6.12. The molecule has 4 rings (SSSR count). The van der Waals surface area contributed by atoms with Crippen LogP contribution >= 0.6 is 0 Å². The van der Waals surface area contributed by atoms with Gasteiger partial charge in [0.2, 0.25) is 0 Å². The number of para-hydroxylation sites is 2. The molecular weight excluding hydrogens is 252 g/mol. The highest BCUT2D eigenvalue weighted by atomic mass is 16.4. The number of aromatic amines is 1. The van der Waals surface area contributed by atoms with E-state index >= 15 is 0 Å². The minimum atomic E-state index is -0.462. The van der Waals surface area contributed by atoms with E-state index < -0.39 is 5.63 Å². The van der Waals surface area contributed by atoms with Crippen LogP contribution in [0.3, 0.4) is 0 Å². The van der Waals surface area contributed by atoms with Gasteiger partial charge >= 0.3 is 5.63 Å². The molecule has 4 nitrogen and oxygen atoms in total. The summed E-state index contributed by atoms with van der Waals surface area (Å²) in [6, 6.07) is 18.7. The van der Waals surface area contributed by atoms with Crippen LogP contribution < -0.4 is 5.63 Å². The molecule has 0 atom stereocenters. The van der Waals surface area contributed by atoms with Gasteiger partial charge in [0.1, 0.15) is 17.0 Å². The fraction of sp³-hybridized carbons (Fsp3) is 0. The number of fused-ring (bicyclic) bond motifs is 2. The van der Waals surface area contributed by atoms with Crippen molar-refractivity contribution in [2.24, 2.45) is 0 Å². The summed E-state index contributed by atoms with van der Waals surface area (Å²) in [6.07, 6.45) is 0. The number of H-pyrrole nitrogens is 1. The summed E-state index contributed by atoms with van der Waals surface area (Å²) in [6.45, 7) is 0. The second kappa shape index (κ2) is 4.06. The van der Waals surface area contributed by atoms with Crippen molar-refractivity contribution in [1.82, 2.24) is 9.97 Å². The third-order valence-electron chi connectivity index (χ3n) is 3.12. The molecule has 0 bridgehead atoms. The number of aromatic nitrogens is 2. The molecule has 2 aromatic carbocycles. The standard InChI is InChI=1S/C16H8N2O2/c19-16-11(9-10-5-1-4-8-14(10)20-16)15-17-12-6-2-3-7-13(12)18-15/h1-3,5-8H,(H,17,18). The van der Waals surface area contributed by atoms with E-state index in [0.717, 1.165) is 16.4 Å². The number of imidazole rings is 1. The normalized spacial score (nSPS) is 11.2. The van der Waals surface area contributed by atoms with Crippen LogP contribution in [-0.4, -0.2) is 9.97 Å². The Hall–Kier alpha value is -2.88. The van der Waals surface area contributed by atoms with E-state index in [0.29, 0.717) is 17.0 Å². The fourth-order valence-electron chi connectivity index (χ4n) is 2.17. The van der Waals surface area contributed by atoms with Crippen molar-refractivity contribution in [3.8, 4) is 11.4 Å². The van der Waals surface area contributed by atoms with E-state index in [9.17, 15) is 4.79 Å². The van der Waals surface area contributed by atoms with Gasteiger partial charge in [0, 0.05) is 11.5 Å². The lowest BCUT2D eigenvalue weighted by Gasteiger charge is -1.98. The number of nitrogens with one attached hydrogen (secondary N) is 1. The fourth-order valence-corrected chi connectivity index (χ4v) is 2.17. The quantitative estimate of drug-likeness (QED) is 0.535. The van der Waals surface area contributed by atoms with Gasteiger partial charge in [-0.05, 0) is 30.3 Å². The van der Waals surface area contributed by atoms with Crippen molar-refractivity contribution in [1.29, 1.82) is 0 Å². The van der Waals surface area contributed by atoms with E-state index in [4.69, 9.17) is 4.42 Å². The van der Waals surface area contributed by atoms with Gasteiger partial charge < -0.3 is 9.40 Å². The van der Waals surface area contributed by atoms with Crippen molar-refractivity contribution in [2.45, 2.75) is 0 Å². The molecule has 0 unspecified atom stereocenters. The predicted molar refractivity (Wildman–Crippen MR) is 75.2 cm³/mol. The second-order valence-electron chi connectivity index (χ2n) is 4.41. The zero-order valence-electron chi connectivity index (χ0n) is 10.3. The van der Waals surface area contributed by atoms with Crippen LogP contribution in [0, 0.1) is 12.1 Å². The molecule has 1 N–H and O–H groups in total. The van der Waals surface area contributed by atoms with Gasteiger partial charge in [-0.3, -0.25) is 0 Å². The molecule has 4 aromatic rings. The maximum Gasteiger partial charge on any atom is 0.348 e. The summed E-state index contributed by atoms with van der Waals surface area (Å²) in [5.74, 6) is 0.467. The average Bonchev–Trinajstić information content (AvgIpc) is 2.90. The topological polar surface area (TPSA) is 58.9 Å². The van der Waals surface area contributed by atoms with Crippen LogP contribution in [0.15, 0.2) is 51.7 Å². The highest BCUT2D eigenvalue weighted by Gasteiger charge is 2.12. The minimum absolute atomic E-state index is 0.305. The molecule has 2 heterocycles. The summed E-state index contributed by atoms with van der Waals surface area (Å²) >= 11 is 0. The Morgan fingerprint density at radius 3 is 3.00 bits per heavy atom. The number of hydrogen-bond donors (Lipinski definition) is 1. The van der Waals surface area contributed by atoms with E-state index in [1.165, 1.54) is 0 Å². The Morgan fingerprint density at radius 1 is 1.20 bits per heavy atom. The molecule has 0 aliphatic carbocycles. The van der Waals surface area contributed by atoms with Gasteiger partial charge in [-0.1, -0.05) is 18.2 Å². The largest absolute Gasteiger partial charge is 0.422 e. The van der Waals surface area contributed by atoms with E-state index in [2.05, 4.69) is 22.1 Å². The molecule has 0 amide bonds. The molecule has 0 aliphatic heterocycles. The van der Waals surface area contributed by atoms with Gasteiger partial charge in [-0.25, -0.2) is 9.78 Å². The van der Waals surface area contributed by atoms with E-state index in [-0.39, 0.29) is 0 Å². The second-order valence-corrected chi connectivity index (χ2v) is 4.41. The van der Waals surface area contributed by atoms with Gasteiger partial charge in [-0.15, -0.1) is 0 Å². The Balaban J connectivity index is 2.01. The first-order valence-electron chi connectivity index (χ1n) is 6.12. The molecule has 20 heavy (non-hydrogen) atoms. The third-order valence-corrected chi connectivity index (χ3v) is 3.12. The molecule has 0 aliphatic rings. The lowest BCUT2D eigenvalue weighted by atomic mass is 10.2. The third kappa shape index (κ3) is 1.62. The lowest BCUT2D eigenvalue weighted by molar-refractivity contribution is 0.562. The van der Waals surface area contributed by atoms with Gasteiger partial charge in [0.25, 0.3) is 0 Å². The minimum Gasteiger partial charge on any atom is -0.422 e. The van der Waals surface area contributed by atoms with Crippen LogP contribution in [0.2, 0.25) is 0 Å². The molecule has 0 spiro atoms. The Morgan fingerprint density at radius 2 is 2.10 bits per heavy atom. The summed E-state index contributed by atoms with van der Waals surface area (Å²) in [5, 5.41) is 0.721. The van der Waals surface area contributed by atoms with Crippen LogP contribution in [0.5, 0.6) is 0 Å². The predicted octanol–water partition coefficient (Wildman–Crippen LogP) is 2.94. The molecular formula is C16H8N2O2. The molecule has 4 heteroatoms.